The molecule has 3 aliphatic rings. The summed E-state index contributed by atoms with van der Waals surface area (Å²) in [7, 11) is 0. The van der Waals surface area contributed by atoms with Crippen molar-refractivity contribution in [2.75, 3.05) is 6.61 Å². The molecule has 0 aromatic heterocycles. The molecule has 2 bridgehead atoms. The molecule has 3 rings (SSSR count). The Kier molecular flexibility index (Phi) is 5.04. The number of fused-ring (bicyclic) bond motifs is 3. The van der Waals surface area contributed by atoms with Gasteiger partial charge in [-0.25, -0.2) is 9.59 Å². The minimum Gasteiger partial charge on any atom is -0.457 e. The van der Waals surface area contributed by atoms with E-state index in [1.807, 2.05) is 0 Å². The average molecular weight is 394 g/mol. The first-order valence-corrected chi connectivity index (χ1v) is 9.23. The average Bonchev–Trinajstić information content (AvgIpc) is 3.08. The predicted octanol–water partition coefficient (Wildman–Crippen LogP) is 1.01. The van der Waals surface area contributed by atoms with Crippen molar-refractivity contribution in [3.05, 3.63) is 34.6 Å². The molecule has 28 heavy (non-hydrogen) atoms. The van der Waals surface area contributed by atoms with E-state index in [1.165, 1.54) is 13.0 Å². The van der Waals surface area contributed by atoms with Gasteiger partial charge in [0.2, 0.25) is 0 Å². The summed E-state index contributed by atoms with van der Waals surface area (Å²) in [5.74, 6) is -3.08. The molecule has 0 radical (unpaired) electrons. The van der Waals surface area contributed by atoms with E-state index >= 15 is 0 Å². The molecule has 0 saturated carbocycles. The van der Waals surface area contributed by atoms with Gasteiger partial charge in [-0.05, 0) is 40.2 Å². The fraction of sp³-hybridized carbons (Fsp3) is 0.600. The van der Waals surface area contributed by atoms with Gasteiger partial charge < -0.3 is 29.5 Å². The van der Waals surface area contributed by atoms with Crippen LogP contribution < -0.4 is 0 Å². The lowest BCUT2D eigenvalue weighted by Gasteiger charge is -2.39. The van der Waals surface area contributed by atoms with E-state index in [4.69, 9.17) is 14.2 Å². The summed E-state index contributed by atoms with van der Waals surface area (Å²) in [5.41, 5.74) is -2.27. The lowest BCUT2D eigenvalue weighted by Crippen LogP contribution is -2.54. The van der Waals surface area contributed by atoms with E-state index in [0.29, 0.717) is 12.0 Å². The lowest BCUT2D eigenvalue weighted by atomic mass is 9.82. The standard InChI is InChI=1S/C20H26O8/c1-5-11(2)16(22)26-10-12-15-13(21)8-19(4,24)20(25)7-6-18(3,28-20)9-14(15)27-17(12)23/h5,9,13,21,24-25H,6-8,10H2,1-4H3. The molecule has 0 aromatic carbocycles. The molecule has 8 heteroatoms. The number of rotatable bonds is 3. The number of carbonyl (C=O) groups is 2. The third-order valence-corrected chi connectivity index (χ3v) is 5.71. The zero-order valence-corrected chi connectivity index (χ0v) is 16.4. The van der Waals surface area contributed by atoms with Crippen LogP contribution in [0, 0.1) is 0 Å². The summed E-state index contributed by atoms with van der Waals surface area (Å²) in [6.07, 6.45) is 2.02. The van der Waals surface area contributed by atoms with Crippen molar-refractivity contribution in [1.82, 2.24) is 0 Å². The molecule has 3 heterocycles. The Morgan fingerprint density at radius 1 is 1.36 bits per heavy atom. The van der Waals surface area contributed by atoms with Gasteiger partial charge in [0.05, 0.1) is 17.3 Å². The molecule has 0 aromatic rings. The number of esters is 2. The molecule has 4 atom stereocenters. The van der Waals surface area contributed by atoms with Crippen LogP contribution in [0.25, 0.3) is 0 Å². The summed E-state index contributed by atoms with van der Waals surface area (Å²) in [5, 5.41) is 32.4. The second kappa shape index (κ2) is 6.81. The van der Waals surface area contributed by atoms with Crippen LogP contribution >= 0.6 is 0 Å². The van der Waals surface area contributed by atoms with Crippen LogP contribution in [-0.2, 0) is 23.8 Å². The lowest BCUT2D eigenvalue weighted by molar-refractivity contribution is -0.297. The predicted molar refractivity (Wildman–Crippen MR) is 96.5 cm³/mol. The number of hydrogen-bond acceptors (Lipinski definition) is 8. The highest BCUT2D eigenvalue weighted by molar-refractivity contribution is 5.96. The Morgan fingerprint density at radius 3 is 2.68 bits per heavy atom. The van der Waals surface area contributed by atoms with Gasteiger partial charge in [0.1, 0.15) is 18.0 Å². The van der Waals surface area contributed by atoms with Crippen LogP contribution in [0.2, 0.25) is 0 Å². The highest BCUT2D eigenvalue weighted by Gasteiger charge is 2.58. The fourth-order valence-corrected chi connectivity index (χ4v) is 3.76. The molecule has 0 amide bonds. The van der Waals surface area contributed by atoms with E-state index in [9.17, 15) is 24.9 Å². The molecule has 3 aliphatic heterocycles. The van der Waals surface area contributed by atoms with E-state index in [1.54, 1.807) is 26.8 Å². The van der Waals surface area contributed by atoms with Crippen molar-refractivity contribution < 1.29 is 39.1 Å². The van der Waals surface area contributed by atoms with Crippen molar-refractivity contribution in [1.29, 1.82) is 0 Å². The Bertz CT molecular complexity index is 805. The summed E-state index contributed by atoms with van der Waals surface area (Å²) < 4.78 is 16.2. The van der Waals surface area contributed by atoms with Crippen LogP contribution in [0.15, 0.2) is 34.6 Å². The molecular weight excluding hydrogens is 368 g/mol. The first-order valence-electron chi connectivity index (χ1n) is 9.23. The van der Waals surface area contributed by atoms with Crippen LogP contribution in [0.4, 0.5) is 0 Å². The molecular formula is C20H26O8. The minimum absolute atomic E-state index is 0.000154. The van der Waals surface area contributed by atoms with E-state index in [-0.39, 0.29) is 36.4 Å². The van der Waals surface area contributed by atoms with Gasteiger partial charge in [0.25, 0.3) is 0 Å². The van der Waals surface area contributed by atoms with E-state index in [2.05, 4.69) is 0 Å². The number of hydrogen-bond donors (Lipinski definition) is 3. The Labute approximate surface area is 163 Å². The van der Waals surface area contributed by atoms with Crippen molar-refractivity contribution in [3.63, 3.8) is 0 Å². The summed E-state index contributed by atoms with van der Waals surface area (Å²) in [4.78, 5) is 24.3. The molecule has 154 valence electrons. The second-order valence-corrected chi connectivity index (χ2v) is 8.03. The Balaban J connectivity index is 2.02. The third-order valence-electron chi connectivity index (χ3n) is 5.71. The van der Waals surface area contributed by atoms with Crippen molar-refractivity contribution >= 4 is 11.9 Å². The van der Waals surface area contributed by atoms with Gasteiger partial charge in [-0.3, -0.25) is 0 Å². The summed E-state index contributed by atoms with van der Waals surface area (Å²) >= 11 is 0. The highest BCUT2D eigenvalue weighted by Crippen LogP contribution is 2.48. The number of carbonyl (C=O) groups excluding carboxylic acids is 2. The van der Waals surface area contributed by atoms with Gasteiger partial charge in [0, 0.05) is 24.0 Å². The quantitative estimate of drug-likeness (QED) is 0.479. The SMILES string of the molecule is CC=C(C)C(=O)OCC1=C2C(=CC3(C)CCC(O)(O3)C(C)(O)CC2O)OC1=O. The number of aliphatic hydroxyl groups excluding tert-OH is 1. The van der Waals surface area contributed by atoms with Crippen LogP contribution in [-0.4, -0.2) is 57.0 Å². The largest absolute Gasteiger partial charge is 0.457 e. The third kappa shape index (κ3) is 3.41. The smallest absolute Gasteiger partial charge is 0.343 e. The van der Waals surface area contributed by atoms with Gasteiger partial charge in [0.15, 0.2) is 5.79 Å². The maximum absolute atomic E-state index is 12.4. The number of aliphatic hydroxyl groups is 3. The minimum atomic E-state index is -1.85. The van der Waals surface area contributed by atoms with Gasteiger partial charge in [-0.1, -0.05) is 6.08 Å². The molecule has 8 nitrogen and oxygen atoms in total. The van der Waals surface area contributed by atoms with Crippen LogP contribution in [0.3, 0.4) is 0 Å². The first-order chi connectivity index (χ1) is 12.9. The van der Waals surface area contributed by atoms with Crippen molar-refractivity contribution in [2.45, 2.75) is 70.1 Å². The normalized spacial score (nSPS) is 38.2. The Hall–Kier alpha value is -2.00. The van der Waals surface area contributed by atoms with Gasteiger partial charge >= 0.3 is 11.9 Å². The molecule has 0 aliphatic carbocycles. The summed E-state index contributed by atoms with van der Waals surface area (Å²) in [6.45, 7) is 5.97. The number of ether oxygens (including phenoxy) is 3. The zero-order valence-electron chi connectivity index (χ0n) is 16.4. The first kappa shape index (κ1) is 20.7. The monoisotopic (exact) mass is 394 g/mol. The Morgan fingerprint density at radius 2 is 2.04 bits per heavy atom. The molecule has 4 unspecified atom stereocenters. The summed E-state index contributed by atoms with van der Waals surface area (Å²) in [6, 6.07) is 0. The molecule has 1 saturated heterocycles. The highest BCUT2D eigenvalue weighted by atomic mass is 16.7. The van der Waals surface area contributed by atoms with Crippen molar-refractivity contribution in [3.8, 4) is 0 Å². The number of allylic oxidation sites excluding steroid dienone is 1. The topological polar surface area (TPSA) is 123 Å². The maximum Gasteiger partial charge on any atom is 0.343 e. The zero-order chi connectivity index (χ0) is 20.9. The molecule has 1 fully saturated rings. The van der Waals surface area contributed by atoms with Crippen molar-refractivity contribution in [2.24, 2.45) is 0 Å². The van der Waals surface area contributed by atoms with Gasteiger partial charge in [-0.15, -0.1) is 0 Å². The van der Waals surface area contributed by atoms with Crippen LogP contribution in [0.1, 0.15) is 47.0 Å². The van der Waals surface area contributed by atoms with Crippen LogP contribution in [0.5, 0.6) is 0 Å². The van der Waals surface area contributed by atoms with E-state index in [0.717, 1.165) is 0 Å². The maximum atomic E-state index is 12.4. The molecule has 3 N–H and O–H groups in total. The van der Waals surface area contributed by atoms with Gasteiger partial charge in [-0.2, -0.15) is 0 Å². The molecule has 0 spiro atoms. The fourth-order valence-electron chi connectivity index (χ4n) is 3.76. The van der Waals surface area contributed by atoms with E-state index < -0.39 is 35.0 Å². The second-order valence-electron chi connectivity index (χ2n) is 8.03.